The Balaban J connectivity index is 1.64. The van der Waals surface area contributed by atoms with Crippen LogP contribution >= 0.6 is 0 Å². The van der Waals surface area contributed by atoms with Crippen molar-refractivity contribution in [2.24, 2.45) is 5.73 Å². The fourth-order valence-corrected chi connectivity index (χ4v) is 3.35. The van der Waals surface area contributed by atoms with Crippen LogP contribution in [0.25, 0.3) is 22.2 Å². The van der Waals surface area contributed by atoms with Crippen molar-refractivity contribution in [2.45, 2.75) is 6.92 Å². The summed E-state index contributed by atoms with van der Waals surface area (Å²) in [5.41, 5.74) is 9.47. The van der Waals surface area contributed by atoms with E-state index < -0.39 is 17.6 Å². The zero-order valence-electron chi connectivity index (χ0n) is 15.6. The fraction of sp³-hybridized carbons (Fsp3) is 0.0435. The molecule has 4 rings (SSSR count). The Kier molecular flexibility index (Phi) is 4.60. The normalized spacial score (nSPS) is 10.8. The minimum absolute atomic E-state index is 0.0132. The van der Waals surface area contributed by atoms with Gasteiger partial charge in [-0.1, -0.05) is 42.0 Å². The minimum Gasteiger partial charge on any atom is -0.366 e. The molecule has 1 heterocycles. The number of nitrogens with two attached hydrogens (primary N) is 1. The number of benzene rings is 3. The summed E-state index contributed by atoms with van der Waals surface area (Å²) in [6.07, 6.45) is 0. The first-order valence-corrected chi connectivity index (χ1v) is 9.02. The van der Waals surface area contributed by atoms with E-state index in [1.54, 1.807) is 37.3 Å². The molecule has 1 aromatic heterocycles. The van der Waals surface area contributed by atoms with E-state index in [1.165, 1.54) is 12.1 Å². The maximum atomic E-state index is 13.9. The van der Waals surface area contributed by atoms with Gasteiger partial charge in [-0.05, 0) is 42.8 Å². The maximum Gasteiger partial charge on any atom is 0.258 e. The molecule has 0 saturated carbocycles. The molecule has 4 N–H and O–H groups in total. The van der Waals surface area contributed by atoms with Gasteiger partial charge in [0.2, 0.25) is 0 Å². The molecular formula is C23H18FN3O2. The molecule has 4 aromatic rings. The number of amides is 2. The molecule has 0 spiro atoms. The SMILES string of the molecule is Cc1ccc(F)c(C(=O)Nc2ccc(-c3[nH]c4ccccc4c3C(N)=O)cc2)c1. The second kappa shape index (κ2) is 7.24. The standard InChI is InChI=1S/C23H18FN3O2/c1-13-6-11-18(24)17(12-13)23(29)26-15-9-7-14(8-10-15)21-20(22(25)28)16-4-2-3-5-19(16)27-21/h2-12,27H,1H3,(H2,25,28)(H,26,29). The lowest BCUT2D eigenvalue weighted by Gasteiger charge is -2.08. The smallest absolute Gasteiger partial charge is 0.258 e. The fourth-order valence-electron chi connectivity index (χ4n) is 3.35. The van der Waals surface area contributed by atoms with Crippen LogP contribution < -0.4 is 11.1 Å². The Morgan fingerprint density at radius 3 is 2.45 bits per heavy atom. The topological polar surface area (TPSA) is 88.0 Å². The second-order valence-electron chi connectivity index (χ2n) is 6.80. The van der Waals surface area contributed by atoms with Crippen molar-refractivity contribution in [3.63, 3.8) is 0 Å². The highest BCUT2D eigenvalue weighted by molar-refractivity contribution is 6.12. The minimum atomic E-state index is -0.575. The summed E-state index contributed by atoms with van der Waals surface area (Å²) in [5, 5.41) is 3.44. The van der Waals surface area contributed by atoms with Gasteiger partial charge in [-0.2, -0.15) is 0 Å². The molecule has 0 aliphatic rings. The number of fused-ring (bicyclic) bond motifs is 1. The van der Waals surface area contributed by atoms with Gasteiger partial charge in [0.05, 0.1) is 16.8 Å². The molecule has 3 aromatic carbocycles. The molecule has 0 aliphatic carbocycles. The molecule has 0 fully saturated rings. The number of H-pyrrole nitrogens is 1. The van der Waals surface area contributed by atoms with Crippen molar-refractivity contribution in [3.8, 4) is 11.3 Å². The van der Waals surface area contributed by atoms with Crippen molar-refractivity contribution >= 4 is 28.4 Å². The summed E-state index contributed by atoms with van der Waals surface area (Å²) in [6, 6.07) is 18.7. The average molecular weight is 387 g/mol. The number of aromatic nitrogens is 1. The molecule has 0 saturated heterocycles. The van der Waals surface area contributed by atoms with E-state index in [1.807, 2.05) is 24.3 Å². The monoisotopic (exact) mass is 387 g/mol. The van der Waals surface area contributed by atoms with E-state index >= 15 is 0 Å². The van der Waals surface area contributed by atoms with Crippen LogP contribution in [0.1, 0.15) is 26.3 Å². The first-order valence-electron chi connectivity index (χ1n) is 9.02. The Bertz CT molecular complexity index is 1240. The van der Waals surface area contributed by atoms with Crippen LogP contribution in [0.2, 0.25) is 0 Å². The van der Waals surface area contributed by atoms with Crippen molar-refractivity contribution in [1.29, 1.82) is 0 Å². The molecule has 0 atom stereocenters. The van der Waals surface area contributed by atoms with Crippen LogP contribution in [-0.4, -0.2) is 16.8 Å². The average Bonchev–Trinajstić information content (AvgIpc) is 3.10. The molecule has 0 radical (unpaired) electrons. The van der Waals surface area contributed by atoms with Crippen molar-refractivity contribution in [1.82, 2.24) is 4.98 Å². The van der Waals surface area contributed by atoms with E-state index in [0.717, 1.165) is 22.0 Å². The van der Waals surface area contributed by atoms with Crippen molar-refractivity contribution in [2.75, 3.05) is 5.32 Å². The molecular weight excluding hydrogens is 369 g/mol. The molecule has 0 unspecified atom stereocenters. The Morgan fingerprint density at radius 1 is 1.00 bits per heavy atom. The Morgan fingerprint density at radius 2 is 1.72 bits per heavy atom. The van der Waals surface area contributed by atoms with Gasteiger partial charge in [-0.25, -0.2) is 4.39 Å². The van der Waals surface area contributed by atoms with Crippen molar-refractivity contribution in [3.05, 3.63) is 89.2 Å². The van der Waals surface area contributed by atoms with Crippen LogP contribution in [0.4, 0.5) is 10.1 Å². The van der Waals surface area contributed by atoms with Gasteiger partial charge >= 0.3 is 0 Å². The van der Waals surface area contributed by atoms with Crippen LogP contribution in [0.3, 0.4) is 0 Å². The predicted molar refractivity (Wildman–Crippen MR) is 111 cm³/mol. The third kappa shape index (κ3) is 3.48. The number of primary amides is 1. The van der Waals surface area contributed by atoms with Gasteiger partial charge in [0, 0.05) is 16.6 Å². The lowest BCUT2D eigenvalue weighted by atomic mass is 10.0. The number of nitrogens with one attached hydrogen (secondary N) is 2. The summed E-state index contributed by atoms with van der Waals surface area (Å²) >= 11 is 0. The highest BCUT2D eigenvalue weighted by Crippen LogP contribution is 2.30. The number of para-hydroxylation sites is 1. The first kappa shape index (κ1) is 18.4. The van der Waals surface area contributed by atoms with E-state index in [4.69, 9.17) is 5.73 Å². The molecule has 0 aliphatic heterocycles. The Labute approximate surface area is 166 Å². The van der Waals surface area contributed by atoms with E-state index in [9.17, 15) is 14.0 Å². The highest BCUT2D eigenvalue weighted by atomic mass is 19.1. The first-order chi connectivity index (χ1) is 13.9. The quantitative estimate of drug-likeness (QED) is 0.477. The van der Waals surface area contributed by atoms with Gasteiger partial charge in [0.25, 0.3) is 11.8 Å². The largest absolute Gasteiger partial charge is 0.366 e. The number of carbonyl (C=O) groups excluding carboxylic acids is 2. The number of hydrogen-bond donors (Lipinski definition) is 3. The highest BCUT2D eigenvalue weighted by Gasteiger charge is 2.17. The summed E-state index contributed by atoms with van der Waals surface area (Å²) in [4.78, 5) is 27.6. The summed E-state index contributed by atoms with van der Waals surface area (Å²) in [6.45, 7) is 1.79. The third-order valence-electron chi connectivity index (χ3n) is 4.75. The molecule has 0 bridgehead atoms. The van der Waals surface area contributed by atoms with Gasteiger partial charge < -0.3 is 16.0 Å². The van der Waals surface area contributed by atoms with Crippen LogP contribution in [0, 0.1) is 12.7 Å². The third-order valence-corrected chi connectivity index (χ3v) is 4.75. The molecule has 2 amide bonds. The van der Waals surface area contributed by atoms with Crippen LogP contribution in [-0.2, 0) is 0 Å². The molecule has 144 valence electrons. The van der Waals surface area contributed by atoms with Gasteiger partial charge in [0.15, 0.2) is 0 Å². The van der Waals surface area contributed by atoms with Crippen molar-refractivity contribution < 1.29 is 14.0 Å². The lowest BCUT2D eigenvalue weighted by molar-refractivity contribution is 0.0999. The van der Waals surface area contributed by atoms with Crippen LogP contribution in [0.5, 0.6) is 0 Å². The number of aryl methyl sites for hydroxylation is 1. The van der Waals surface area contributed by atoms with Gasteiger partial charge in [-0.15, -0.1) is 0 Å². The summed E-state index contributed by atoms with van der Waals surface area (Å²) < 4.78 is 13.9. The summed E-state index contributed by atoms with van der Waals surface area (Å²) in [7, 11) is 0. The Hall–Kier alpha value is -3.93. The second-order valence-corrected chi connectivity index (χ2v) is 6.80. The maximum absolute atomic E-state index is 13.9. The lowest BCUT2D eigenvalue weighted by Crippen LogP contribution is -2.14. The molecule has 29 heavy (non-hydrogen) atoms. The summed E-state index contributed by atoms with van der Waals surface area (Å²) in [5.74, 6) is -1.62. The number of anilines is 1. The zero-order valence-corrected chi connectivity index (χ0v) is 15.6. The predicted octanol–water partition coefficient (Wildman–Crippen LogP) is 4.63. The molecule has 6 heteroatoms. The van der Waals surface area contributed by atoms with Gasteiger partial charge in [0.1, 0.15) is 5.82 Å². The zero-order chi connectivity index (χ0) is 20.5. The van der Waals surface area contributed by atoms with E-state index in [0.29, 0.717) is 16.9 Å². The van der Waals surface area contributed by atoms with E-state index in [2.05, 4.69) is 10.3 Å². The number of rotatable bonds is 4. The van der Waals surface area contributed by atoms with E-state index in [-0.39, 0.29) is 5.56 Å². The number of hydrogen-bond acceptors (Lipinski definition) is 2. The van der Waals surface area contributed by atoms with Crippen LogP contribution in [0.15, 0.2) is 66.7 Å². The number of aromatic amines is 1. The van der Waals surface area contributed by atoms with Gasteiger partial charge in [-0.3, -0.25) is 9.59 Å². The molecule has 5 nitrogen and oxygen atoms in total. The number of carbonyl (C=O) groups is 2. The number of halogens is 1.